The van der Waals surface area contributed by atoms with Gasteiger partial charge in [0.05, 0.1) is 5.56 Å². The quantitative estimate of drug-likeness (QED) is 0.755. The van der Waals surface area contributed by atoms with E-state index in [-0.39, 0.29) is 23.1 Å². The summed E-state index contributed by atoms with van der Waals surface area (Å²) in [5.74, 6) is -0.304. The molecule has 1 aliphatic rings. The fourth-order valence-electron chi connectivity index (χ4n) is 3.25. The van der Waals surface area contributed by atoms with Gasteiger partial charge in [0, 0.05) is 24.3 Å². The van der Waals surface area contributed by atoms with E-state index in [0.29, 0.717) is 12.1 Å². The lowest BCUT2D eigenvalue weighted by atomic mass is 10.1. The summed E-state index contributed by atoms with van der Waals surface area (Å²) in [5, 5.41) is 14.7. The minimum Gasteiger partial charge on any atom is -0.507 e. The monoisotopic (exact) mass is 346 g/mol. The lowest BCUT2D eigenvalue weighted by Gasteiger charge is -2.16. The van der Waals surface area contributed by atoms with Gasteiger partial charge in [0.15, 0.2) is 0 Å². The first kappa shape index (κ1) is 16.1. The first-order valence-electron chi connectivity index (χ1n) is 8.55. The normalized spacial score (nSPS) is 14.0. The number of aromatic hydroxyl groups is 1. The molecule has 2 amide bonds. The van der Waals surface area contributed by atoms with Crippen molar-refractivity contribution in [1.82, 2.24) is 0 Å². The molecule has 5 heteroatoms. The van der Waals surface area contributed by atoms with Gasteiger partial charge in [-0.2, -0.15) is 0 Å². The van der Waals surface area contributed by atoms with Gasteiger partial charge in [0.25, 0.3) is 5.91 Å². The summed E-state index contributed by atoms with van der Waals surface area (Å²) >= 11 is 0. The molecule has 26 heavy (non-hydrogen) atoms. The first-order chi connectivity index (χ1) is 12.6. The van der Waals surface area contributed by atoms with E-state index in [2.05, 4.69) is 5.32 Å². The summed E-state index contributed by atoms with van der Waals surface area (Å²) in [6.45, 7) is 0.732. The number of carbonyl (C=O) groups excluding carboxylic acids is 2. The SMILES string of the molecule is O=C(Nc1ccc(N2CCCC2=O)cc1)c1cc2ccccc2cc1O. The van der Waals surface area contributed by atoms with Crippen molar-refractivity contribution in [3.8, 4) is 5.75 Å². The molecule has 1 aliphatic heterocycles. The van der Waals surface area contributed by atoms with Gasteiger partial charge < -0.3 is 15.3 Å². The Morgan fingerprint density at radius 3 is 2.35 bits per heavy atom. The van der Waals surface area contributed by atoms with E-state index in [1.807, 2.05) is 36.4 Å². The van der Waals surface area contributed by atoms with E-state index in [1.54, 1.807) is 29.2 Å². The summed E-state index contributed by atoms with van der Waals surface area (Å²) < 4.78 is 0. The molecule has 1 saturated heterocycles. The molecule has 0 radical (unpaired) electrons. The number of anilines is 2. The van der Waals surface area contributed by atoms with Gasteiger partial charge in [-0.05, 0) is 53.6 Å². The van der Waals surface area contributed by atoms with Gasteiger partial charge >= 0.3 is 0 Å². The maximum atomic E-state index is 12.5. The minimum atomic E-state index is -0.377. The van der Waals surface area contributed by atoms with Gasteiger partial charge in [-0.25, -0.2) is 0 Å². The number of nitrogens with zero attached hydrogens (tertiary/aromatic N) is 1. The van der Waals surface area contributed by atoms with Crippen LogP contribution in [0.1, 0.15) is 23.2 Å². The van der Waals surface area contributed by atoms with E-state index in [9.17, 15) is 14.7 Å². The number of hydrogen-bond acceptors (Lipinski definition) is 3. The molecule has 0 atom stereocenters. The Morgan fingerprint density at radius 2 is 1.69 bits per heavy atom. The number of fused-ring (bicyclic) bond motifs is 1. The number of nitrogens with one attached hydrogen (secondary N) is 1. The van der Waals surface area contributed by atoms with Crippen molar-refractivity contribution < 1.29 is 14.7 Å². The zero-order chi connectivity index (χ0) is 18.1. The lowest BCUT2D eigenvalue weighted by molar-refractivity contribution is -0.117. The molecule has 0 aromatic heterocycles. The number of rotatable bonds is 3. The van der Waals surface area contributed by atoms with Crippen molar-refractivity contribution >= 4 is 34.0 Å². The third-order valence-corrected chi connectivity index (χ3v) is 4.62. The Hall–Kier alpha value is -3.34. The number of hydrogen-bond donors (Lipinski definition) is 2. The molecule has 0 aliphatic carbocycles. The van der Waals surface area contributed by atoms with E-state index < -0.39 is 0 Å². The Morgan fingerprint density at radius 1 is 1.00 bits per heavy atom. The van der Waals surface area contributed by atoms with Crippen molar-refractivity contribution in [2.45, 2.75) is 12.8 Å². The molecular formula is C21H18N2O3. The second-order valence-corrected chi connectivity index (χ2v) is 6.37. The van der Waals surface area contributed by atoms with Crippen molar-refractivity contribution in [1.29, 1.82) is 0 Å². The van der Waals surface area contributed by atoms with Crippen LogP contribution in [0.2, 0.25) is 0 Å². The van der Waals surface area contributed by atoms with Crippen LogP contribution in [-0.2, 0) is 4.79 Å². The smallest absolute Gasteiger partial charge is 0.259 e. The van der Waals surface area contributed by atoms with Gasteiger partial charge in [0.2, 0.25) is 5.91 Å². The highest BCUT2D eigenvalue weighted by atomic mass is 16.3. The molecule has 2 N–H and O–H groups in total. The number of amides is 2. The molecule has 3 aromatic rings. The molecule has 3 aromatic carbocycles. The summed E-state index contributed by atoms with van der Waals surface area (Å²) in [4.78, 5) is 26.1. The summed E-state index contributed by atoms with van der Waals surface area (Å²) in [6, 6.07) is 18.0. The standard InChI is InChI=1S/C21H18N2O3/c24-19-13-15-5-2-1-4-14(15)12-18(19)21(26)22-16-7-9-17(10-8-16)23-11-3-6-20(23)25/h1-2,4-5,7-10,12-13,24H,3,6,11H2,(H,22,26). The van der Waals surface area contributed by atoms with Crippen molar-refractivity contribution in [3.63, 3.8) is 0 Å². The number of carbonyl (C=O) groups is 2. The molecule has 130 valence electrons. The zero-order valence-electron chi connectivity index (χ0n) is 14.1. The van der Waals surface area contributed by atoms with Crippen LogP contribution in [0, 0.1) is 0 Å². The molecule has 0 spiro atoms. The molecule has 0 unspecified atom stereocenters. The summed E-state index contributed by atoms with van der Waals surface area (Å²) in [7, 11) is 0. The highest BCUT2D eigenvalue weighted by molar-refractivity contribution is 6.08. The maximum Gasteiger partial charge on any atom is 0.259 e. The van der Waals surface area contributed by atoms with Crippen LogP contribution in [0.4, 0.5) is 11.4 Å². The Labute approximate surface area is 150 Å². The number of phenols is 1. The Bertz CT molecular complexity index is 996. The highest BCUT2D eigenvalue weighted by Crippen LogP contribution is 2.27. The molecule has 0 bridgehead atoms. The summed E-state index contributed by atoms with van der Waals surface area (Å²) in [6.07, 6.45) is 1.46. The first-order valence-corrected chi connectivity index (χ1v) is 8.55. The van der Waals surface area contributed by atoms with Crippen LogP contribution in [0.15, 0.2) is 60.7 Å². The van der Waals surface area contributed by atoms with Gasteiger partial charge in [0.1, 0.15) is 5.75 Å². The fourth-order valence-corrected chi connectivity index (χ4v) is 3.25. The van der Waals surface area contributed by atoms with Crippen molar-refractivity contribution in [2.75, 3.05) is 16.8 Å². The molecule has 4 rings (SSSR count). The van der Waals surface area contributed by atoms with Crippen LogP contribution >= 0.6 is 0 Å². The highest BCUT2D eigenvalue weighted by Gasteiger charge is 2.21. The van der Waals surface area contributed by atoms with Crippen LogP contribution in [0.3, 0.4) is 0 Å². The van der Waals surface area contributed by atoms with Gasteiger partial charge in [-0.1, -0.05) is 24.3 Å². The predicted octanol–water partition coefficient (Wildman–Crippen LogP) is 3.92. The second kappa shape index (κ2) is 6.52. The van der Waals surface area contributed by atoms with E-state index in [1.165, 1.54) is 0 Å². The third kappa shape index (κ3) is 2.99. The van der Waals surface area contributed by atoms with Crippen LogP contribution < -0.4 is 10.2 Å². The largest absolute Gasteiger partial charge is 0.507 e. The van der Waals surface area contributed by atoms with E-state index in [4.69, 9.17) is 0 Å². The molecule has 1 heterocycles. The number of phenolic OH excluding ortho intramolecular Hbond substituents is 1. The third-order valence-electron chi connectivity index (χ3n) is 4.62. The summed E-state index contributed by atoms with van der Waals surface area (Å²) in [5.41, 5.74) is 1.67. The average Bonchev–Trinajstić information content (AvgIpc) is 3.07. The maximum absolute atomic E-state index is 12.5. The minimum absolute atomic E-state index is 0.0551. The van der Waals surface area contributed by atoms with Gasteiger partial charge in [-0.3, -0.25) is 9.59 Å². The fraction of sp³-hybridized carbons (Fsp3) is 0.143. The van der Waals surface area contributed by atoms with Crippen LogP contribution in [-0.4, -0.2) is 23.5 Å². The van der Waals surface area contributed by atoms with Crippen molar-refractivity contribution in [2.24, 2.45) is 0 Å². The molecule has 1 fully saturated rings. The topological polar surface area (TPSA) is 69.6 Å². The molecule has 0 saturated carbocycles. The molecular weight excluding hydrogens is 328 g/mol. The Balaban J connectivity index is 1.54. The van der Waals surface area contributed by atoms with Crippen LogP contribution in [0.5, 0.6) is 5.75 Å². The predicted molar refractivity (Wildman–Crippen MR) is 102 cm³/mol. The molecule has 5 nitrogen and oxygen atoms in total. The van der Waals surface area contributed by atoms with Crippen LogP contribution in [0.25, 0.3) is 10.8 Å². The van der Waals surface area contributed by atoms with E-state index in [0.717, 1.165) is 29.4 Å². The second-order valence-electron chi connectivity index (χ2n) is 6.37. The van der Waals surface area contributed by atoms with Crippen molar-refractivity contribution in [3.05, 3.63) is 66.2 Å². The van der Waals surface area contributed by atoms with E-state index >= 15 is 0 Å². The Kier molecular flexibility index (Phi) is 4.05. The lowest BCUT2D eigenvalue weighted by Crippen LogP contribution is -2.23. The average molecular weight is 346 g/mol. The zero-order valence-corrected chi connectivity index (χ0v) is 14.1. The van der Waals surface area contributed by atoms with Gasteiger partial charge in [-0.15, -0.1) is 0 Å². The number of benzene rings is 3.